The monoisotopic (exact) mass is 670 g/mol. The summed E-state index contributed by atoms with van der Waals surface area (Å²) in [6.07, 6.45) is 6.53. The molecule has 48 heavy (non-hydrogen) atoms. The first-order valence-corrected chi connectivity index (χ1v) is 17.6. The van der Waals surface area contributed by atoms with Crippen LogP contribution >= 0.6 is 11.3 Å². The average molecular weight is 671 g/mol. The normalized spacial score (nSPS) is 24.1. The minimum absolute atomic E-state index is 0.259. The molecule has 4 unspecified atom stereocenters. The number of nitrogens with one attached hydrogen (secondary N) is 1. The van der Waals surface area contributed by atoms with Gasteiger partial charge in [0.1, 0.15) is 39.0 Å². The first kappa shape index (κ1) is 31.1. The SMILES string of the molecule is Cc1csc(C2(CNC(=O)OC(C)(C)C)C3CCN(c4cnc5c(-c6ccc(F)c7ncccc67)nn(C6CCCCO6)c5n4)CC32)n1. The van der Waals surface area contributed by atoms with Crippen LogP contribution in [0.5, 0.6) is 0 Å². The Morgan fingerprint density at radius 1 is 1.15 bits per heavy atom. The van der Waals surface area contributed by atoms with Crippen molar-refractivity contribution in [1.29, 1.82) is 0 Å². The number of alkyl carbamates (subject to hydrolysis) is 1. The highest BCUT2D eigenvalue weighted by atomic mass is 32.1. The molecule has 0 radical (unpaired) electrons. The number of rotatable bonds is 6. The van der Waals surface area contributed by atoms with Gasteiger partial charge in [-0.25, -0.2) is 28.8 Å². The van der Waals surface area contributed by atoms with E-state index in [0.29, 0.717) is 46.8 Å². The van der Waals surface area contributed by atoms with Gasteiger partial charge in [-0.3, -0.25) is 4.98 Å². The second-order valence-corrected chi connectivity index (χ2v) is 15.0. The number of fused-ring (bicyclic) bond motifs is 3. The molecule has 11 nitrogen and oxygen atoms in total. The van der Waals surface area contributed by atoms with Gasteiger partial charge in [-0.05, 0) is 83.4 Å². The van der Waals surface area contributed by atoms with Crippen LogP contribution in [0, 0.1) is 24.6 Å². The average Bonchev–Trinajstić information content (AvgIpc) is 3.29. The van der Waals surface area contributed by atoms with E-state index in [4.69, 9.17) is 29.5 Å². The Morgan fingerprint density at radius 2 is 2.02 bits per heavy atom. The van der Waals surface area contributed by atoms with Gasteiger partial charge in [0.25, 0.3) is 0 Å². The number of ether oxygens (including phenoxy) is 2. The predicted molar refractivity (Wildman–Crippen MR) is 181 cm³/mol. The number of amides is 1. The first-order chi connectivity index (χ1) is 23.1. The molecule has 8 rings (SSSR count). The third kappa shape index (κ3) is 5.36. The molecule has 1 amide bonds. The van der Waals surface area contributed by atoms with E-state index in [2.05, 4.69) is 20.6 Å². The molecular formula is C35H39FN8O3S. The topological polar surface area (TPSA) is 120 Å². The van der Waals surface area contributed by atoms with Crippen molar-refractivity contribution in [2.45, 2.75) is 70.6 Å². The third-order valence-corrected chi connectivity index (χ3v) is 11.0. The Balaban J connectivity index is 1.13. The summed E-state index contributed by atoms with van der Waals surface area (Å²) in [6.45, 7) is 10.3. The zero-order valence-electron chi connectivity index (χ0n) is 27.6. The second kappa shape index (κ2) is 11.7. The zero-order valence-corrected chi connectivity index (χ0v) is 28.4. The van der Waals surface area contributed by atoms with Crippen LogP contribution in [0.25, 0.3) is 33.3 Å². The Bertz CT molecular complexity index is 2020. The summed E-state index contributed by atoms with van der Waals surface area (Å²) in [5, 5.41) is 11.9. The van der Waals surface area contributed by atoms with Gasteiger partial charge in [0.15, 0.2) is 11.9 Å². The number of aryl methyl sites for hydroxylation is 1. The third-order valence-electron chi connectivity index (χ3n) is 9.89. The lowest BCUT2D eigenvalue weighted by molar-refractivity contribution is -0.0368. The molecular weight excluding hydrogens is 632 g/mol. The van der Waals surface area contributed by atoms with E-state index in [9.17, 15) is 9.18 Å². The summed E-state index contributed by atoms with van der Waals surface area (Å²) in [5.74, 6) is 1.06. The molecule has 3 fully saturated rings. The predicted octanol–water partition coefficient (Wildman–Crippen LogP) is 6.56. The fourth-order valence-corrected chi connectivity index (χ4v) is 8.76. The van der Waals surface area contributed by atoms with E-state index in [1.54, 1.807) is 29.7 Å². The number of aromatic nitrogens is 6. The summed E-state index contributed by atoms with van der Waals surface area (Å²) in [7, 11) is 0. The number of piperidine rings is 1. The van der Waals surface area contributed by atoms with Crippen LogP contribution < -0.4 is 10.2 Å². The molecule has 4 aromatic heterocycles. The molecule has 4 atom stereocenters. The Hall–Kier alpha value is -4.23. The van der Waals surface area contributed by atoms with E-state index >= 15 is 0 Å². The molecule has 2 saturated heterocycles. The van der Waals surface area contributed by atoms with Gasteiger partial charge in [-0.15, -0.1) is 11.3 Å². The van der Waals surface area contributed by atoms with Gasteiger partial charge in [-0.1, -0.05) is 6.07 Å². The van der Waals surface area contributed by atoms with Gasteiger partial charge >= 0.3 is 6.09 Å². The smallest absolute Gasteiger partial charge is 0.407 e. The highest BCUT2D eigenvalue weighted by Crippen LogP contribution is 2.64. The molecule has 1 N–H and O–H groups in total. The standard InChI is InChI=1S/C35H39FN8O3S/c1-20-18-48-32(40-20)35(19-39-33(45)47-34(2,3)4)23-12-14-43(17-24(23)35)26-16-38-30-29(22-10-11-25(36)28-21(22)8-7-13-37-28)42-44(31(30)41-26)27-9-5-6-15-46-27/h7-8,10-11,13,16,18,23-24,27H,5-6,9,12,14-15,17,19H2,1-4H3,(H,39,45). The molecule has 250 valence electrons. The number of anilines is 1. The lowest BCUT2D eigenvalue weighted by Crippen LogP contribution is -2.38. The molecule has 3 aliphatic rings. The quantitative estimate of drug-likeness (QED) is 0.214. The maximum Gasteiger partial charge on any atom is 0.407 e. The van der Waals surface area contributed by atoms with Crippen molar-refractivity contribution in [3.8, 4) is 11.3 Å². The van der Waals surface area contributed by atoms with Gasteiger partial charge in [-0.2, -0.15) is 5.10 Å². The van der Waals surface area contributed by atoms with E-state index in [1.165, 1.54) is 6.07 Å². The lowest BCUT2D eigenvalue weighted by Gasteiger charge is -2.27. The Kier molecular flexibility index (Phi) is 7.59. The molecule has 5 aromatic rings. The number of carbonyl (C=O) groups is 1. The van der Waals surface area contributed by atoms with Crippen molar-refractivity contribution >= 4 is 45.3 Å². The largest absolute Gasteiger partial charge is 0.444 e. The maximum atomic E-state index is 14.7. The minimum Gasteiger partial charge on any atom is -0.444 e. The summed E-state index contributed by atoms with van der Waals surface area (Å²) in [5.41, 5.74) is 3.11. The van der Waals surface area contributed by atoms with Crippen LogP contribution in [0.15, 0.2) is 42.0 Å². The second-order valence-electron chi connectivity index (χ2n) is 14.1. The summed E-state index contributed by atoms with van der Waals surface area (Å²) in [4.78, 5) is 34.4. The fourth-order valence-electron chi connectivity index (χ4n) is 7.64. The van der Waals surface area contributed by atoms with Crippen LogP contribution in [-0.2, 0) is 14.9 Å². The molecule has 13 heteroatoms. The number of thiazole rings is 1. The van der Waals surface area contributed by atoms with Crippen LogP contribution in [0.4, 0.5) is 15.0 Å². The van der Waals surface area contributed by atoms with Crippen LogP contribution in [0.3, 0.4) is 0 Å². The number of hydrogen-bond donors (Lipinski definition) is 1. The molecule has 0 spiro atoms. The van der Waals surface area contributed by atoms with Crippen molar-refractivity contribution in [1.82, 2.24) is 35.0 Å². The number of benzene rings is 1. The van der Waals surface area contributed by atoms with Gasteiger partial charge < -0.3 is 19.7 Å². The molecule has 1 aromatic carbocycles. The minimum atomic E-state index is -0.574. The number of halogens is 1. The Morgan fingerprint density at radius 3 is 2.79 bits per heavy atom. The van der Waals surface area contributed by atoms with Crippen molar-refractivity contribution in [2.24, 2.45) is 11.8 Å². The number of hydrogen-bond acceptors (Lipinski definition) is 10. The van der Waals surface area contributed by atoms with E-state index in [1.807, 2.05) is 44.6 Å². The highest BCUT2D eigenvalue weighted by molar-refractivity contribution is 7.09. The maximum absolute atomic E-state index is 14.7. The Labute approximate surface area is 281 Å². The van der Waals surface area contributed by atoms with Crippen molar-refractivity contribution in [2.75, 3.05) is 31.1 Å². The van der Waals surface area contributed by atoms with Crippen molar-refractivity contribution in [3.63, 3.8) is 0 Å². The van der Waals surface area contributed by atoms with Crippen LogP contribution in [-0.4, -0.2) is 67.7 Å². The van der Waals surface area contributed by atoms with Crippen LogP contribution in [0.2, 0.25) is 0 Å². The van der Waals surface area contributed by atoms with E-state index in [-0.39, 0.29) is 23.4 Å². The van der Waals surface area contributed by atoms with Crippen molar-refractivity contribution in [3.05, 3.63) is 58.6 Å². The number of carbonyl (C=O) groups excluding carboxylic acids is 1. The summed E-state index contributed by atoms with van der Waals surface area (Å²) >= 11 is 1.67. The lowest BCUT2D eigenvalue weighted by atomic mass is 10.0. The number of nitrogens with zero attached hydrogens (tertiary/aromatic N) is 7. The zero-order chi connectivity index (χ0) is 33.2. The molecule has 1 saturated carbocycles. The van der Waals surface area contributed by atoms with Crippen molar-refractivity contribution < 1.29 is 18.7 Å². The van der Waals surface area contributed by atoms with Crippen LogP contribution in [0.1, 0.15) is 63.4 Å². The summed E-state index contributed by atoms with van der Waals surface area (Å²) < 4.78 is 28.4. The molecule has 2 aliphatic heterocycles. The molecule has 1 aliphatic carbocycles. The van der Waals surface area contributed by atoms with E-state index < -0.39 is 11.7 Å². The number of pyridine rings is 1. The highest BCUT2D eigenvalue weighted by Gasteiger charge is 2.68. The fraction of sp³-hybridized carbons (Fsp3) is 0.486. The van der Waals surface area contributed by atoms with Gasteiger partial charge in [0, 0.05) is 59.9 Å². The summed E-state index contributed by atoms with van der Waals surface area (Å²) in [6, 6.07) is 6.84. The first-order valence-electron chi connectivity index (χ1n) is 16.7. The molecule has 0 bridgehead atoms. The van der Waals surface area contributed by atoms with E-state index in [0.717, 1.165) is 60.9 Å². The van der Waals surface area contributed by atoms with Gasteiger partial charge in [0.2, 0.25) is 0 Å². The van der Waals surface area contributed by atoms with Gasteiger partial charge in [0.05, 0.1) is 6.20 Å². The molecule has 6 heterocycles.